The molecule has 7 nitrogen and oxygen atoms in total. The highest BCUT2D eigenvalue weighted by Gasteiger charge is 2.54. The van der Waals surface area contributed by atoms with E-state index >= 15 is 0 Å². The normalized spacial score (nSPS) is 21.2. The lowest BCUT2D eigenvalue weighted by atomic mass is 9.80. The van der Waals surface area contributed by atoms with Gasteiger partial charge in [0.2, 0.25) is 11.8 Å². The zero-order valence-corrected chi connectivity index (χ0v) is 16.1. The summed E-state index contributed by atoms with van der Waals surface area (Å²) in [5, 5.41) is 13.0. The van der Waals surface area contributed by atoms with Gasteiger partial charge >= 0.3 is 6.03 Å². The van der Waals surface area contributed by atoms with Gasteiger partial charge in [0.25, 0.3) is 5.91 Å². The maximum Gasteiger partial charge on any atom is 0.325 e. The standard InChI is InChI=1S/C20H18N4O3S/c1-12-4-6-13(7-5-12)17-23-22-16(27-17)11-24-18(25)20(21-19(24)26)9-2-3-15-14(20)8-10-28-15/h4-8,10H,2-3,9,11H2,1H3,(H,21,26). The molecule has 0 saturated carbocycles. The molecule has 3 heterocycles. The molecular formula is C20H18N4O3S. The minimum atomic E-state index is -0.954. The number of nitrogens with zero attached hydrogens (tertiary/aromatic N) is 3. The predicted molar refractivity (Wildman–Crippen MR) is 102 cm³/mol. The molecule has 1 N–H and O–H groups in total. The van der Waals surface area contributed by atoms with Gasteiger partial charge < -0.3 is 9.73 Å². The molecule has 1 fully saturated rings. The van der Waals surface area contributed by atoms with Crippen LogP contribution in [0.2, 0.25) is 0 Å². The minimum absolute atomic E-state index is 0.0370. The van der Waals surface area contributed by atoms with Gasteiger partial charge in [-0.1, -0.05) is 17.7 Å². The van der Waals surface area contributed by atoms with Crippen LogP contribution in [0.5, 0.6) is 0 Å². The number of urea groups is 1. The Balaban J connectivity index is 1.41. The van der Waals surface area contributed by atoms with Crippen LogP contribution in [0.15, 0.2) is 40.1 Å². The summed E-state index contributed by atoms with van der Waals surface area (Å²) in [5.74, 6) is 0.360. The maximum absolute atomic E-state index is 13.2. The van der Waals surface area contributed by atoms with E-state index in [0.29, 0.717) is 12.3 Å². The van der Waals surface area contributed by atoms with Gasteiger partial charge in [0.1, 0.15) is 12.1 Å². The average molecular weight is 394 g/mol. The zero-order chi connectivity index (χ0) is 19.3. The molecular weight excluding hydrogens is 376 g/mol. The number of carbonyl (C=O) groups is 2. The highest BCUT2D eigenvalue weighted by atomic mass is 32.1. The third-order valence-electron chi connectivity index (χ3n) is 5.40. The van der Waals surface area contributed by atoms with Gasteiger partial charge in [-0.15, -0.1) is 21.5 Å². The third-order valence-corrected chi connectivity index (χ3v) is 6.38. The number of hydrogen-bond acceptors (Lipinski definition) is 6. The number of aryl methyl sites for hydroxylation is 2. The Labute approximate surface area is 165 Å². The molecule has 142 valence electrons. The van der Waals surface area contributed by atoms with Crippen LogP contribution in [0.25, 0.3) is 11.5 Å². The second-order valence-corrected chi connectivity index (χ2v) is 8.21. The quantitative estimate of drug-likeness (QED) is 0.688. The van der Waals surface area contributed by atoms with Crippen LogP contribution in [-0.4, -0.2) is 27.0 Å². The van der Waals surface area contributed by atoms with Gasteiger partial charge in [-0.25, -0.2) is 4.79 Å². The van der Waals surface area contributed by atoms with Gasteiger partial charge in [0.05, 0.1) is 0 Å². The lowest BCUT2D eigenvalue weighted by Gasteiger charge is -2.31. The fourth-order valence-corrected chi connectivity index (χ4v) is 4.95. The summed E-state index contributed by atoms with van der Waals surface area (Å²) in [5.41, 5.74) is 1.90. The number of thiophene rings is 1. The topological polar surface area (TPSA) is 88.3 Å². The number of imide groups is 1. The molecule has 5 rings (SSSR count). The van der Waals surface area contributed by atoms with Gasteiger partial charge in [0, 0.05) is 16.0 Å². The number of fused-ring (bicyclic) bond motifs is 2. The van der Waals surface area contributed by atoms with E-state index < -0.39 is 11.6 Å². The van der Waals surface area contributed by atoms with E-state index in [1.165, 1.54) is 9.78 Å². The van der Waals surface area contributed by atoms with Crippen molar-refractivity contribution in [2.45, 2.75) is 38.3 Å². The molecule has 1 aliphatic carbocycles. The second kappa shape index (κ2) is 6.27. The summed E-state index contributed by atoms with van der Waals surface area (Å²) in [6.45, 7) is 1.96. The first-order chi connectivity index (χ1) is 13.6. The first-order valence-electron chi connectivity index (χ1n) is 9.17. The summed E-state index contributed by atoms with van der Waals surface area (Å²) in [7, 11) is 0. The fourth-order valence-electron chi connectivity index (χ4n) is 3.95. The largest absolute Gasteiger partial charge is 0.419 e. The molecule has 1 atom stereocenters. The van der Waals surface area contributed by atoms with Crippen molar-refractivity contribution < 1.29 is 14.0 Å². The molecule has 1 spiro atoms. The molecule has 28 heavy (non-hydrogen) atoms. The van der Waals surface area contributed by atoms with Crippen LogP contribution in [0, 0.1) is 6.92 Å². The molecule has 1 unspecified atom stereocenters. The fraction of sp³-hybridized carbons (Fsp3) is 0.300. The lowest BCUT2D eigenvalue weighted by Crippen LogP contribution is -2.46. The molecule has 8 heteroatoms. The van der Waals surface area contributed by atoms with Crippen molar-refractivity contribution in [2.75, 3.05) is 0 Å². The van der Waals surface area contributed by atoms with E-state index in [1.807, 2.05) is 42.6 Å². The Kier molecular flexibility index (Phi) is 3.83. The van der Waals surface area contributed by atoms with E-state index in [2.05, 4.69) is 15.5 Å². The van der Waals surface area contributed by atoms with E-state index in [-0.39, 0.29) is 18.3 Å². The SMILES string of the molecule is Cc1ccc(-c2nnc(CN3C(=O)NC4(CCCc5sccc54)C3=O)o2)cc1. The summed E-state index contributed by atoms with van der Waals surface area (Å²) in [6, 6.07) is 9.25. The molecule has 2 aliphatic rings. The number of aromatic nitrogens is 2. The van der Waals surface area contributed by atoms with Crippen molar-refractivity contribution >= 4 is 23.3 Å². The monoisotopic (exact) mass is 394 g/mol. The van der Waals surface area contributed by atoms with Crippen LogP contribution in [0.4, 0.5) is 4.79 Å². The number of carbonyl (C=O) groups excluding carboxylic acids is 2. The van der Waals surface area contributed by atoms with Crippen LogP contribution >= 0.6 is 11.3 Å². The molecule has 2 aromatic heterocycles. The number of amides is 3. The second-order valence-electron chi connectivity index (χ2n) is 7.20. The van der Waals surface area contributed by atoms with Crippen molar-refractivity contribution in [3.8, 4) is 11.5 Å². The number of nitrogens with one attached hydrogen (secondary N) is 1. The Morgan fingerprint density at radius 1 is 1.21 bits per heavy atom. The van der Waals surface area contributed by atoms with Gasteiger partial charge in [-0.2, -0.15) is 0 Å². The summed E-state index contributed by atoms with van der Waals surface area (Å²) >= 11 is 1.63. The van der Waals surface area contributed by atoms with Crippen LogP contribution < -0.4 is 5.32 Å². The summed E-state index contributed by atoms with van der Waals surface area (Å²) in [6.07, 6.45) is 2.42. The maximum atomic E-state index is 13.2. The van der Waals surface area contributed by atoms with Gasteiger partial charge in [0.15, 0.2) is 0 Å². The highest BCUT2D eigenvalue weighted by Crippen LogP contribution is 2.42. The number of benzene rings is 1. The van der Waals surface area contributed by atoms with Crippen LogP contribution in [0.3, 0.4) is 0 Å². The van der Waals surface area contributed by atoms with E-state index in [4.69, 9.17) is 4.42 Å². The zero-order valence-electron chi connectivity index (χ0n) is 15.3. The van der Waals surface area contributed by atoms with Crippen LogP contribution in [-0.2, 0) is 23.3 Å². The molecule has 1 saturated heterocycles. The van der Waals surface area contributed by atoms with Crippen molar-refractivity contribution in [1.82, 2.24) is 20.4 Å². The van der Waals surface area contributed by atoms with E-state index in [0.717, 1.165) is 29.5 Å². The van der Waals surface area contributed by atoms with Gasteiger partial charge in [-0.3, -0.25) is 9.69 Å². The van der Waals surface area contributed by atoms with Crippen molar-refractivity contribution in [1.29, 1.82) is 0 Å². The number of hydrogen-bond donors (Lipinski definition) is 1. The highest BCUT2D eigenvalue weighted by molar-refractivity contribution is 7.10. The Hall–Kier alpha value is -3.00. The molecule has 3 amide bonds. The summed E-state index contributed by atoms with van der Waals surface area (Å²) in [4.78, 5) is 28.2. The Morgan fingerprint density at radius 2 is 2.04 bits per heavy atom. The van der Waals surface area contributed by atoms with E-state index in [1.54, 1.807) is 11.3 Å². The van der Waals surface area contributed by atoms with Crippen molar-refractivity contribution in [3.05, 3.63) is 57.6 Å². The Morgan fingerprint density at radius 3 is 2.86 bits per heavy atom. The molecule has 1 aliphatic heterocycles. The number of rotatable bonds is 3. The van der Waals surface area contributed by atoms with Crippen molar-refractivity contribution in [2.24, 2.45) is 0 Å². The average Bonchev–Trinajstić information content (AvgIpc) is 3.40. The van der Waals surface area contributed by atoms with Crippen molar-refractivity contribution in [3.63, 3.8) is 0 Å². The molecule has 0 bridgehead atoms. The van der Waals surface area contributed by atoms with Gasteiger partial charge in [-0.05, 0) is 49.8 Å². The van der Waals surface area contributed by atoms with Crippen LogP contribution in [0.1, 0.15) is 34.7 Å². The summed E-state index contributed by atoms with van der Waals surface area (Å²) < 4.78 is 5.70. The predicted octanol–water partition coefficient (Wildman–Crippen LogP) is 3.39. The first-order valence-corrected chi connectivity index (χ1v) is 10.1. The molecule has 0 radical (unpaired) electrons. The molecule has 1 aromatic carbocycles. The Bertz CT molecular complexity index is 1070. The molecule has 3 aromatic rings. The first kappa shape index (κ1) is 17.1. The third kappa shape index (κ3) is 2.56. The smallest absolute Gasteiger partial charge is 0.325 e. The lowest BCUT2D eigenvalue weighted by molar-refractivity contribution is -0.132. The van der Waals surface area contributed by atoms with E-state index in [9.17, 15) is 9.59 Å². The minimum Gasteiger partial charge on any atom is -0.419 e.